The van der Waals surface area contributed by atoms with Crippen molar-refractivity contribution in [1.29, 1.82) is 0 Å². The van der Waals surface area contributed by atoms with Crippen LogP contribution in [0.25, 0.3) is 0 Å². The van der Waals surface area contributed by atoms with Gasteiger partial charge in [-0.25, -0.2) is 0 Å². The normalized spacial score (nSPS) is 20.7. The fourth-order valence-corrected chi connectivity index (χ4v) is 2.28. The lowest BCUT2D eigenvalue weighted by Crippen LogP contribution is -2.48. The second-order valence-electron chi connectivity index (χ2n) is 4.30. The van der Waals surface area contributed by atoms with Crippen LogP contribution < -0.4 is 5.32 Å². The third-order valence-corrected chi connectivity index (χ3v) is 3.62. The van der Waals surface area contributed by atoms with Gasteiger partial charge in [0.15, 0.2) is 0 Å². The summed E-state index contributed by atoms with van der Waals surface area (Å²) in [6, 6.07) is 3.97. The number of aromatic nitrogens is 1. The van der Waals surface area contributed by atoms with Gasteiger partial charge in [0.25, 0.3) is 0 Å². The summed E-state index contributed by atoms with van der Waals surface area (Å²) in [5, 5.41) is 3.28. The number of hydrogen-bond donors (Lipinski definition) is 1. The Morgan fingerprint density at radius 2 is 2.41 bits per heavy atom. The van der Waals surface area contributed by atoms with Gasteiger partial charge >= 0.3 is 0 Å². The molecule has 92 valence electrons. The molecule has 1 unspecified atom stereocenters. The molecule has 1 amide bonds. The average molecular weight is 345 g/mol. The quantitative estimate of drug-likeness (QED) is 0.843. The van der Waals surface area contributed by atoms with Crippen LogP contribution in [0.3, 0.4) is 0 Å². The summed E-state index contributed by atoms with van der Waals surface area (Å²) in [5.74, 6) is 0.196. The molecule has 2 heterocycles. The Kier molecular flexibility index (Phi) is 4.33. The molecule has 1 saturated heterocycles. The van der Waals surface area contributed by atoms with Gasteiger partial charge in [0.2, 0.25) is 5.91 Å². The minimum Gasteiger partial charge on any atom is -0.344 e. The minimum absolute atomic E-state index is 0.0465. The lowest BCUT2D eigenvalue weighted by molar-refractivity contribution is -0.134. The predicted molar refractivity (Wildman–Crippen MR) is 74.5 cm³/mol. The molecule has 17 heavy (non-hydrogen) atoms. The molecule has 0 radical (unpaired) electrons. The Hall–Kier alpha value is -0.690. The highest BCUT2D eigenvalue weighted by molar-refractivity contribution is 14.1. The van der Waals surface area contributed by atoms with E-state index in [1.165, 1.54) is 0 Å². The van der Waals surface area contributed by atoms with Crippen molar-refractivity contribution >= 4 is 28.5 Å². The topological polar surface area (TPSA) is 45.2 Å². The molecule has 5 heteroatoms. The van der Waals surface area contributed by atoms with E-state index in [-0.39, 0.29) is 11.9 Å². The highest BCUT2D eigenvalue weighted by Crippen LogP contribution is 2.10. The number of halogens is 1. The number of likely N-dealkylation sites (N-methyl/N-ethyl adjacent to an activating group) is 1. The molecule has 1 aliphatic rings. The molecule has 1 aromatic heterocycles. The molecule has 2 rings (SSSR count). The maximum atomic E-state index is 11.8. The van der Waals surface area contributed by atoms with Crippen LogP contribution in [0, 0.1) is 3.57 Å². The van der Waals surface area contributed by atoms with E-state index >= 15 is 0 Å². The number of likely N-dealkylation sites (tertiary alicyclic amines) is 1. The molecule has 1 atom stereocenters. The number of piperidine rings is 1. The highest BCUT2D eigenvalue weighted by atomic mass is 127. The van der Waals surface area contributed by atoms with Crippen molar-refractivity contribution in [1.82, 2.24) is 15.2 Å². The smallest absolute Gasteiger partial charge is 0.239 e. The third kappa shape index (κ3) is 3.38. The molecule has 1 aliphatic heterocycles. The fraction of sp³-hybridized carbons (Fsp3) is 0.500. The first-order valence-electron chi connectivity index (χ1n) is 5.75. The molecular weight excluding hydrogens is 329 g/mol. The third-order valence-electron chi connectivity index (χ3n) is 2.98. The summed E-state index contributed by atoms with van der Waals surface area (Å²) >= 11 is 2.23. The molecule has 4 nitrogen and oxygen atoms in total. The number of carbonyl (C=O) groups is 1. The van der Waals surface area contributed by atoms with Gasteiger partial charge in [0, 0.05) is 29.9 Å². The maximum Gasteiger partial charge on any atom is 0.239 e. The molecule has 0 saturated carbocycles. The zero-order valence-corrected chi connectivity index (χ0v) is 12.0. The number of rotatable bonds is 3. The van der Waals surface area contributed by atoms with Crippen molar-refractivity contribution in [3.8, 4) is 0 Å². The van der Waals surface area contributed by atoms with Crippen LogP contribution in [-0.2, 0) is 11.3 Å². The summed E-state index contributed by atoms with van der Waals surface area (Å²) < 4.78 is 1.12. The molecule has 0 spiro atoms. The number of nitrogens with zero attached hydrogens (tertiary/aromatic N) is 2. The van der Waals surface area contributed by atoms with Crippen molar-refractivity contribution in [2.24, 2.45) is 0 Å². The molecule has 0 aliphatic carbocycles. The Bertz CT molecular complexity index is 393. The van der Waals surface area contributed by atoms with Gasteiger partial charge in [0.1, 0.15) is 0 Å². The van der Waals surface area contributed by atoms with Crippen molar-refractivity contribution in [2.45, 2.75) is 25.4 Å². The highest BCUT2D eigenvalue weighted by Gasteiger charge is 2.25. The maximum absolute atomic E-state index is 11.8. The molecule has 1 N–H and O–H groups in total. The fourth-order valence-electron chi connectivity index (χ4n) is 1.96. The lowest BCUT2D eigenvalue weighted by Gasteiger charge is -2.29. The van der Waals surface area contributed by atoms with Crippen LogP contribution in [0.2, 0.25) is 0 Å². The number of amides is 1. The standard InChI is InChI=1S/C12H16IN3O/c1-16-6-2-3-11(12(16)17)15-8-10-5-4-9(13)7-14-10/h4-5,7,11,15H,2-3,6,8H2,1H3. The molecule has 0 aromatic carbocycles. The van der Waals surface area contributed by atoms with Crippen molar-refractivity contribution in [3.63, 3.8) is 0 Å². The molecular formula is C12H16IN3O. The Balaban J connectivity index is 1.89. The predicted octanol–water partition coefficient (Wildman–Crippen LogP) is 1.40. The summed E-state index contributed by atoms with van der Waals surface area (Å²) in [7, 11) is 1.86. The van der Waals surface area contributed by atoms with Gasteiger partial charge in [-0.15, -0.1) is 0 Å². The first-order chi connectivity index (χ1) is 8.16. The van der Waals surface area contributed by atoms with E-state index in [1.807, 2.05) is 25.4 Å². The van der Waals surface area contributed by atoms with Gasteiger partial charge < -0.3 is 10.2 Å². The number of carbonyl (C=O) groups excluding carboxylic acids is 1. The summed E-state index contributed by atoms with van der Waals surface area (Å²) in [4.78, 5) is 17.9. The summed E-state index contributed by atoms with van der Waals surface area (Å²) in [6.07, 6.45) is 3.83. The molecule has 0 bridgehead atoms. The van der Waals surface area contributed by atoms with Gasteiger partial charge in [-0.2, -0.15) is 0 Å². The van der Waals surface area contributed by atoms with Crippen LogP contribution in [0.4, 0.5) is 0 Å². The molecule has 1 fully saturated rings. The number of nitrogens with one attached hydrogen (secondary N) is 1. The first-order valence-corrected chi connectivity index (χ1v) is 6.83. The SMILES string of the molecule is CN1CCCC(NCc2ccc(I)cn2)C1=O. The summed E-state index contributed by atoms with van der Waals surface area (Å²) in [5.41, 5.74) is 0.978. The van der Waals surface area contributed by atoms with Gasteiger partial charge in [0.05, 0.1) is 11.7 Å². The Labute approximate surface area is 115 Å². The lowest BCUT2D eigenvalue weighted by atomic mass is 10.1. The van der Waals surface area contributed by atoms with Gasteiger partial charge in [-0.3, -0.25) is 9.78 Å². The minimum atomic E-state index is -0.0465. The summed E-state index contributed by atoms with van der Waals surface area (Å²) in [6.45, 7) is 1.53. The average Bonchev–Trinajstić information content (AvgIpc) is 2.33. The van der Waals surface area contributed by atoms with Gasteiger partial charge in [-0.1, -0.05) is 0 Å². The second kappa shape index (κ2) is 5.77. The zero-order chi connectivity index (χ0) is 12.3. The largest absolute Gasteiger partial charge is 0.344 e. The van der Waals surface area contributed by atoms with E-state index in [0.29, 0.717) is 6.54 Å². The Morgan fingerprint density at radius 3 is 3.12 bits per heavy atom. The zero-order valence-electron chi connectivity index (χ0n) is 9.82. The van der Waals surface area contributed by atoms with E-state index in [2.05, 4.69) is 32.9 Å². The number of hydrogen-bond acceptors (Lipinski definition) is 3. The van der Waals surface area contributed by atoms with Crippen molar-refractivity contribution in [2.75, 3.05) is 13.6 Å². The van der Waals surface area contributed by atoms with Crippen molar-refractivity contribution < 1.29 is 4.79 Å². The van der Waals surface area contributed by atoms with E-state index < -0.39 is 0 Å². The molecule has 1 aromatic rings. The van der Waals surface area contributed by atoms with Crippen LogP contribution in [0.15, 0.2) is 18.3 Å². The van der Waals surface area contributed by atoms with E-state index in [4.69, 9.17) is 0 Å². The van der Waals surface area contributed by atoms with E-state index in [1.54, 1.807) is 4.90 Å². The van der Waals surface area contributed by atoms with E-state index in [0.717, 1.165) is 28.7 Å². The van der Waals surface area contributed by atoms with E-state index in [9.17, 15) is 4.79 Å². The first kappa shape index (κ1) is 12.8. The van der Waals surface area contributed by atoms with Crippen LogP contribution in [-0.4, -0.2) is 35.4 Å². The van der Waals surface area contributed by atoms with Crippen LogP contribution in [0.5, 0.6) is 0 Å². The van der Waals surface area contributed by atoms with Crippen LogP contribution in [0.1, 0.15) is 18.5 Å². The van der Waals surface area contributed by atoms with Crippen molar-refractivity contribution in [3.05, 3.63) is 27.6 Å². The second-order valence-corrected chi connectivity index (χ2v) is 5.55. The monoisotopic (exact) mass is 345 g/mol. The van der Waals surface area contributed by atoms with Crippen LogP contribution >= 0.6 is 22.6 Å². The van der Waals surface area contributed by atoms with Gasteiger partial charge in [-0.05, 0) is 47.6 Å². The Morgan fingerprint density at radius 1 is 1.59 bits per heavy atom. The number of pyridine rings is 1.